The Balaban J connectivity index is 2.87. The summed E-state index contributed by atoms with van der Waals surface area (Å²) in [4.78, 5) is 26.5. The Kier molecular flexibility index (Phi) is 5.30. The summed E-state index contributed by atoms with van der Waals surface area (Å²) >= 11 is 0. The van der Waals surface area contributed by atoms with Crippen molar-refractivity contribution in [2.45, 2.75) is 33.3 Å². The van der Waals surface area contributed by atoms with E-state index in [-0.39, 0.29) is 5.69 Å². The molecule has 98 valence electrons. The monoisotopic (exact) mass is 251 g/mol. The Morgan fingerprint density at radius 3 is 2.72 bits per heavy atom. The van der Waals surface area contributed by atoms with E-state index in [0.29, 0.717) is 30.8 Å². The second kappa shape index (κ2) is 6.74. The summed E-state index contributed by atoms with van der Waals surface area (Å²) in [6, 6.07) is 3.36. The van der Waals surface area contributed by atoms with Crippen molar-refractivity contribution in [3.63, 3.8) is 0 Å². The van der Waals surface area contributed by atoms with Gasteiger partial charge in [0.1, 0.15) is 11.4 Å². The predicted octanol–water partition coefficient (Wildman–Crippen LogP) is 1.92. The van der Waals surface area contributed by atoms with Crippen molar-refractivity contribution >= 4 is 12.3 Å². The summed E-state index contributed by atoms with van der Waals surface area (Å²) in [5.41, 5.74) is 0.909. The molecule has 0 spiro atoms. The minimum Gasteiger partial charge on any atom is -0.476 e. The molecule has 0 aliphatic rings. The van der Waals surface area contributed by atoms with Gasteiger partial charge in [0.15, 0.2) is 12.4 Å². The maximum Gasteiger partial charge on any atom is 0.347 e. The third-order valence-corrected chi connectivity index (χ3v) is 2.33. The molecule has 0 saturated carbocycles. The predicted molar refractivity (Wildman–Crippen MR) is 65.7 cm³/mol. The highest BCUT2D eigenvalue weighted by Crippen LogP contribution is 2.18. The van der Waals surface area contributed by atoms with Crippen LogP contribution < -0.4 is 4.74 Å². The average molecular weight is 251 g/mol. The quantitative estimate of drug-likeness (QED) is 0.571. The molecular formula is C13H17NO4. The molecule has 1 aromatic rings. The fourth-order valence-corrected chi connectivity index (χ4v) is 1.43. The third-order valence-electron chi connectivity index (χ3n) is 2.33. The molecule has 1 heterocycles. The van der Waals surface area contributed by atoms with Crippen molar-refractivity contribution < 1.29 is 19.1 Å². The van der Waals surface area contributed by atoms with Crippen molar-refractivity contribution in [3.8, 4) is 5.75 Å². The number of rotatable bonds is 6. The number of hydrogen-bond acceptors (Lipinski definition) is 5. The van der Waals surface area contributed by atoms with Crippen molar-refractivity contribution in [2.24, 2.45) is 0 Å². The SMILES string of the molecule is CCOC(=O)C(CC)Oc1ccc(C)nc1C=O. The molecule has 0 radical (unpaired) electrons. The van der Waals surface area contributed by atoms with Crippen LogP contribution in [-0.4, -0.2) is 30.0 Å². The molecule has 0 bridgehead atoms. The van der Waals surface area contributed by atoms with Gasteiger partial charge in [0.2, 0.25) is 0 Å². The fourth-order valence-electron chi connectivity index (χ4n) is 1.43. The first-order valence-corrected chi connectivity index (χ1v) is 5.88. The number of aromatic nitrogens is 1. The van der Waals surface area contributed by atoms with Gasteiger partial charge in [0, 0.05) is 5.69 Å². The molecular weight excluding hydrogens is 234 g/mol. The summed E-state index contributed by atoms with van der Waals surface area (Å²) in [6.45, 7) is 5.61. The lowest BCUT2D eigenvalue weighted by molar-refractivity contribution is -0.151. The van der Waals surface area contributed by atoms with E-state index in [9.17, 15) is 9.59 Å². The molecule has 0 amide bonds. The van der Waals surface area contributed by atoms with E-state index in [1.54, 1.807) is 26.0 Å². The van der Waals surface area contributed by atoms with E-state index in [0.717, 1.165) is 0 Å². The van der Waals surface area contributed by atoms with Crippen LogP contribution in [0.25, 0.3) is 0 Å². The van der Waals surface area contributed by atoms with Gasteiger partial charge in [-0.05, 0) is 32.4 Å². The first-order valence-electron chi connectivity index (χ1n) is 5.88. The van der Waals surface area contributed by atoms with Gasteiger partial charge in [-0.25, -0.2) is 9.78 Å². The van der Waals surface area contributed by atoms with Crippen LogP contribution in [0.2, 0.25) is 0 Å². The number of esters is 1. The van der Waals surface area contributed by atoms with Crippen LogP contribution in [0.15, 0.2) is 12.1 Å². The number of aldehydes is 1. The molecule has 0 aromatic carbocycles. The normalized spacial score (nSPS) is 11.7. The maximum absolute atomic E-state index is 11.6. The average Bonchev–Trinajstić information content (AvgIpc) is 2.37. The maximum atomic E-state index is 11.6. The lowest BCUT2D eigenvalue weighted by Gasteiger charge is -2.16. The largest absolute Gasteiger partial charge is 0.476 e. The van der Waals surface area contributed by atoms with Crippen LogP contribution in [0.1, 0.15) is 36.5 Å². The van der Waals surface area contributed by atoms with E-state index < -0.39 is 12.1 Å². The summed E-state index contributed by atoms with van der Waals surface area (Å²) in [7, 11) is 0. The Hall–Kier alpha value is -1.91. The number of carbonyl (C=O) groups is 2. The van der Waals surface area contributed by atoms with Crippen LogP contribution >= 0.6 is 0 Å². The Labute approximate surface area is 106 Å². The standard InChI is InChI=1S/C13H17NO4/c1-4-11(13(16)17-5-2)18-12-7-6-9(3)14-10(12)8-15/h6-8,11H,4-5H2,1-3H3. The van der Waals surface area contributed by atoms with Gasteiger partial charge in [-0.1, -0.05) is 6.92 Å². The van der Waals surface area contributed by atoms with Gasteiger partial charge < -0.3 is 9.47 Å². The van der Waals surface area contributed by atoms with Crippen molar-refractivity contribution in [2.75, 3.05) is 6.61 Å². The molecule has 1 aromatic heterocycles. The third kappa shape index (κ3) is 3.55. The zero-order valence-electron chi connectivity index (χ0n) is 10.8. The molecule has 0 saturated heterocycles. The van der Waals surface area contributed by atoms with E-state index in [4.69, 9.17) is 9.47 Å². The van der Waals surface area contributed by atoms with E-state index in [2.05, 4.69) is 4.98 Å². The van der Waals surface area contributed by atoms with E-state index in [1.807, 2.05) is 6.92 Å². The first kappa shape index (κ1) is 14.2. The lowest BCUT2D eigenvalue weighted by atomic mass is 10.2. The molecule has 1 rings (SSSR count). The zero-order chi connectivity index (χ0) is 13.5. The topological polar surface area (TPSA) is 65.5 Å². The summed E-state index contributed by atoms with van der Waals surface area (Å²) in [6.07, 6.45) is 0.360. The number of carbonyl (C=O) groups excluding carboxylic acids is 2. The molecule has 0 aliphatic carbocycles. The van der Waals surface area contributed by atoms with E-state index >= 15 is 0 Å². The van der Waals surface area contributed by atoms with E-state index in [1.165, 1.54) is 0 Å². The number of nitrogens with zero attached hydrogens (tertiary/aromatic N) is 1. The van der Waals surface area contributed by atoms with Gasteiger partial charge in [0.05, 0.1) is 6.61 Å². The fraction of sp³-hybridized carbons (Fsp3) is 0.462. The van der Waals surface area contributed by atoms with Gasteiger partial charge in [0.25, 0.3) is 0 Å². The molecule has 0 fully saturated rings. The van der Waals surface area contributed by atoms with Crippen molar-refractivity contribution in [1.29, 1.82) is 0 Å². The molecule has 1 atom stereocenters. The van der Waals surface area contributed by atoms with Crippen molar-refractivity contribution in [1.82, 2.24) is 4.98 Å². The Bertz CT molecular complexity index is 431. The first-order chi connectivity index (χ1) is 8.62. The highest BCUT2D eigenvalue weighted by atomic mass is 16.6. The molecule has 5 nitrogen and oxygen atoms in total. The lowest BCUT2D eigenvalue weighted by Crippen LogP contribution is -2.29. The Morgan fingerprint density at radius 1 is 1.44 bits per heavy atom. The molecule has 0 aliphatic heterocycles. The van der Waals surface area contributed by atoms with Crippen LogP contribution in [-0.2, 0) is 9.53 Å². The second-order valence-electron chi connectivity index (χ2n) is 3.72. The van der Waals surface area contributed by atoms with Gasteiger partial charge in [-0.15, -0.1) is 0 Å². The number of ether oxygens (including phenoxy) is 2. The minimum absolute atomic E-state index is 0.192. The van der Waals surface area contributed by atoms with Gasteiger partial charge >= 0.3 is 5.97 Å². The minimum atomic E-state index is -0.715. The highest BCUT2D eigenvalue weighted by molar-refractivity contribution is 5.78. The molecule has 1 unspecified atom stereocenters. The van der Waals surface area contributed by atoms with Crippen LogP contribution in [0, 0.1) is 6.92 Å². The van der Waals surface area contributed by atoms with Crippen molar-refractivity contribution in [3.05, 3.63) is 23.5 Å². The molecule has 0 N–H and O–H groups in total. The summed E-state index contributed by atoms with van der Waals surface area (Å²) in [5.74, 6) is -0.132. The van der Waals surface area contributed by atoms with Crippen LogP contribution in [0.3, 0.4) is 0 Å². The van der Waals surface area contributed by atoms with Crippen LogP contribution in [0.5, 0.6) is 5.75 Å². The second-order valence-corrected chi connectivity index (χ2v) is 3.72. The number of pyridine rings is 1. The zero-order valence-corrected chi connectivity index (χ0v) is 10.8. The van der Waals surface area contributed by atoms with Gasteiger partial charge in [-0.3, -0.25) is 4.79 Å². The highest BCUT2D eigenvalue weighted by Gasteiger charge is 2.21. The molecule has 5 heteroatoms. The summed E-state index contributed by atoms with van der Waals surface area (Å²) in [5, 5.41) is 0. The summed E-state index contributed by atoms with van der Waals surface area (Å²) < 4.78 is 10.4. The number of hydrogen-bond donors (Lipinski definition) is 0. The number of aryl methyl sites for hydroxylation is 1. The molecule has 18 heavy (non-hydrogen) atoms. The van der Waals surface area contributed by atoms with Crippen LogP contribution in [0.4, 0.5) is 0 Å². The Morgan fingerprint density at radius 2 is 2.17 bits per heavy atom. The smallest absolute Gasteiger partial charge is 0.347 e. The van der Waals surface area contributed by atoms with Gasteiger partial charge in [-0.2, -0.15) is 0 Å².